The van der Waals surface area contributed by atoms with E-state index in [2.05, 4.69) is 0 Å². The summed E-state index contributed by atoms with van der Waals surface area (Å²) in [6.45, 7) is 5.40. The fourth-order valence-corrected chi connectivity index (χ4v) is 2.29. The first-order chi connectivity index (χ1) is 12.6. The largest absolute Gasteiger partial charge is 0.489 e. The van der Waals surface area contributed by atoms with Crippen molar-refractivity contribution in [2.45, 2.75) is 33.0 Å². The second kappa shape index (κ2) is 7.94. The third kappa shape index (κ3) is 5.60. The first-order valence-electron chi connectivity index (χ1n) is 8.29. The summed E-state index contributed by atoms with van der Waals surface area (Å²) in [6, 6.07) is 11.4. The quantitative estimate of drug-likeness (QED) is 0.480. The SMILES string of the molecule is CN(C(=O)OC(C)(C)C)c1cc(OCc2cccc(N)c2)ccc1[N+](=O)[O-]. The molecule has 0 fully saturated rings. The first kappa shape index (κ1) is 20.0. The maximum atomic E-state index is 12.3. The van der Waals surface area contributed by atoms with Crippen molar-refractivity contribution in [3.8, 4) is 5.75 Å². The number of ether oxygens (including phenoxy) is 2. The number of amides is 1. The number of nitro benzene ring substituents is 1. The van der Waals surface area contributed by atoms with E-state index >= 15 is 0 Å². The third-order valence-electron chi connectivity index (χ3n) is 3.53. The van der Waals surface area contributed by atoms with Crippen LogP contribution in [0.2, 0.25) is 0 Å². The normalized spacial score (nSPS) is 11.0. The Morgan fingerprint density at radius 3 is 2.52 bits per heavy atom. The van der Waals surface area contributed by atoms with Gasteiger partial charge in [-0.25, -0.2) is 4.79 Å². The van der Waals surface area contributed by atoms with Crippen LogP contribution in [0.15, 0.2) is 42.5 Å². The molecule has 0 saturated carbocycles. The molecule has 0 aromatic heterocycles. The number of nitrogen functional groups attached to an aromatic ring is 1. The Labute approximate surface area is 157 Å². The van der Waals surface area contributed by atoms with Gasteiger partial charge in [0.1, 0.15) is 23.6 Å². The summed E-state index contributed by atoms with van der Waals surface area (Å²) >= 11 is 0. The standard InChI is InChI=1S/C19H23N3O5/c1-19(2,3)27-18(23)21(4)17-11-15(8-9-16(17)22(24)25)26-12-13-6-5-7-14(20)10-13/h5-11H,12,20H2,1-4H3. The molecule has 0 heterocycles. The molecule has 0 spiro atoms. The molecule has 8 nitrogen and oxygen atoms in total. The second-order valence-corrected chi connectivity index (χ2v) is 6.98. The van der Waals surface area contributed by atoms with E-state index in [-0.39, 0.29) is 18.0 Å². The Morgan fingerprint density at radius 1 is 1.22 bits per heavy atom. The molecule has 0 aliphatic carbocycles. The fraction of sp³-hybridized carbons (Fsp3) is 0.316. The van der Waals surface area contributed by atoms with E-state index in [9.17, 15) is 14.9 Å². The molecule has 144 valence electrons. The maximum absolute atomic E-state index is 12.3. The van der Waals surface area contributed by atoms with Crippen LogP contribution in [0.4, 0.5) is 21.9 Å². The monoisotopic (exact) mass is 373 g/mol. The van der Waals surface area contributed by atoms with E-state index in [4.69, 9.17) is 15.2 Å². The molecule has 0 unspecified atom stereocenters. The Hall–Kier alpha value is -3.29. The second-order valence-electron chi connectivity index (χ2n) is 6.98. The van der Waals surface area contributed by atoms with Crippen LogP contribution in [0.1, 0.15) is 26.3 Å². The van der Waals surface area contributed by atoms with Crippen LogP contribution in [-0.4, -0.2) is 23.7 Å². The van der Waals surface area contributed by atoms with E-state index in [1.165, 1.54) is 25.2 Å². The predicted molar refractivity (Wildman–Crippen MR) is 103 cm³/mol. The zero-order valence-corrected chi connectivity index (χ0v) is 15.8. The number of hydrogen-bond acceptors (Lipinski definition) is 6. The highest BCUT2D eigenvalue weighted by molar-refractivity contribution is 5.90. The highest BCUT2D eigenvalue weighted by Crippen LogP contribution is 2.32. The van der Waals surface area contributed by atoms with Gasteiger partial charge in [0.2, 0.25) is 0 Å². The number of rotatable bonds is 5. The van der Waals surface area contributed by atoms with Gasteiger partial charge in [0.05, 0.1) is 4.92 Å². The highest BCUT2D eigenvalue weighted by Gasteiger charge is 2.26. The van der Waals surface area contributed by atoms with E-state index in [1.807, 2.05) is 12.1 Å². The summed E-state index contributed by atoms with van der Waals surface area (Å²) < 4.78 is 11.0. The molecule has 0 atom stereocenters. The van der Waals surface area contributed by atoms with Gasteiger partial charge in [-0.3, -0.25) is 15.0 Å². The molecule has 2 N–H and O–H groups in total. The van der Waals surface area contributed by atoms with Crippen LogP contribution in [0.3, 0.4) is 0 Å². The van der Waals surface area contributed by atoms with E-state index in [0.717, 1.165) is 10.5 Å². The molecular weight excluding hydrogens is 350 g/mol. The number of carbonyl (C=O) groups excluding carboxylic acids is 1. The average Bonchev–Trinajstić information content (AvgIpc) is 2.57. The fourth-order valence-electron chi connectivity index (χ4n) is 2.29. The average molecular weight is 373 g/mol. The number of nitrogens with zero attached hydrogens (tertiary/aromatic N) is 2. The Morgan fingerprint density at radius 2 is 1.93 bits per heavy atom. The zero-order chi connectivity index (χ0) is 20.2. The number of nitro groups is 1. The molecule has 2 rings (SSSR count). The number of nitrogens with two attached hydrogens (primary N) is 1. The van der Waals surface area contributed by atoms with Crippen LogP contribution < -0.4 is 15.4 Å². The number of benzene rings is 2. The summed E-state index contributed by atoms with van der Waals surface area (Å²) in [4.78, 5) is 24.2. The molecule has 0 aliphatic heterocycles. The molecular formula is C19H23N3O5. The minimum atomic E-state index is -0.721. The van der Waals surface area contributed by atoms with Crippen molar-refractivity contribution in [3.63, 3.8) is 0 Å². The number of anilines is 2. The van der Waals surface area contributed by atoms with Gasteiger partial charge < -0.3 is 15.2 Å². The van der Waals surface area contributed by atoms with Crippen LogP contribution in [0.5, 0.6) is 5.75 Å². The van der Waals surface area contributed by atoms with Gasteiger partial charge in [0.25, 0.3) is 5.69 Å². The highest BCUT2D eigenvalue weighted by atomic mass is 16.6. The van der Waals surface area contributed by atoms with E-state index in [0.29, 0.717) is 11.4 Å². The van der Waals surface area contributed by atoms with Crippen molar-refractivity contribution < 1.29 is 19.2 Å². The Kier molecular flexibility index (Phi) is 5.89. The van der Waals surface area contributed by atoms with Crippen molar-refractivity contribution in [2.24, 2.45) is 0 Å². The van der Waals surface area contributed by atoms with Crippen LogP contribution in [0.25, 0.3) is 0 Å². The lowest BCUT2D eigenvalue weighted by atomic mass is 10.2. The van der Waals surface area contributed by atoms with Crippen LogP contribution in [-0.2, 0) is 11.3 Å². The Balaban J connectivity index is 2.25. The maximum Gasteiger partial charge on any atom is 0.414 e. The van der Waals surface area contributed by atoms with E-state index in [1.54, 1.807) is 32.9 Å². The van der Waals surface area contributed by atoms with Crippen LogP contribution >= 0.6 is 0 Å². The smallest absolute Gasteiger partial charge is 0.414 e. The van der Waals surface area contributed by atoms with E-state index < -0.39 is 16.6 Å². The first-order valence-corrected chi connectivity index (χ1v) is 8.29. The number of hydrogen-bond donors (Lipinski definition) is 1. The van der Waals surface area contributed by atoms with Gasteiger partial charge in [0, 0.05) is 24.9 Å². The van der Waals surface area contributed by atoms with Gasteiger partial charge in [-0.05, 0) is 44.5 Å². The topological polar surface area (TPSA) is 108 Å². The van der Waals surface area contributed by atoms with Gasteiger partial charge in [-0.2, -0.15) is 0 Å². The number of carbonyl (C=O) groups is 1. The summed E-state index contributed by atoms with van der Waals surface area (Å²) in [5.74, 6) is 0.383. The van der Waals surface area contributed by atoms with Crippen LogP contribution in [0, 0.1) is 10.1 Å². The van der Waals surface area contributed by atoms with Gasteiger partial charge in [-0.15, -0.1) is 0 Å². The predicted octanol–water partition coefficient (Wildman–Crippen LogP) is 4.13. The molecule has 2 aromatic carbocycles. The minimum Gasteiger partial charge on any atom is -0.489 e. The van der Waals surface area contributed by atoms with Crippen molar-refractivity contribution >= 4 is 23.2 Å². The van der Waals surface area contributed by atoms with Crippen molar-refractivity contribution in [1.82, 2.24) is 0 Å². The zero-order valence-electron chi connectivity index (χ0n) is 15.8. The molecule has 0 bridgehead atoms. The summed E-state index contributed by atoms with van der Waals surface area (Å²) in [6.07, 6.45) is -0.696. The molecule has 8 heteroatoms. The lowest BCUT2D eigenvalue weighted by molar-refractivity contribution is -0.384. The molecule has 2 aromatic rings. The van der Waals surface area contributed by atoms with Crippen molar-refractivity contribution in [3.05, 3.63) is 58.1 Å². The lowest BCUT2D eigenvalue weighted by Crippen LogP contribution is -2.34. The molecule has 0 radical (unpaired) electrons. The molecule has 0 saturated heterocycles. The lowest BCUT2D eigenvalue weighted by Gasteiger charge is -2.24. The molecule has 1 amide bonds. The van der Waals surface area contributed by atoms with Gasteiger partial charge in [0.15, 0.2) is 0 Å². The van der Waals surface area contributed by atoms with Gasteiger partial charge in [-0.1, -0.05) is 12.1 Å². The van der Waals surface area contributed by atoms with Crippen molar-refractivity contribution in [2.75, 3.05) is 17.7 Å². The third-order valence-corrected chi connectivity index (χ3v) is 3.53. The molecule has 0 aliphatic rings. The summed E-state index contributed by atoms with van der Waals surface area (Å²) in [5, 5.41) is 11.3. The summed E-state index contributed by atoms with van der Waals surface area (Å²) in [5.41, 5.74) is 6.35. The van der Waals surface area contributed by atoms with Gasteiger partial charge >= 0.3 is 6.09 Å². The van der Waals surface area contributed by atoms with Crippen molar-refractivity contribution in [1.29, 1.82) is 0 Å². The molecule has 27 heavy (non-hydrogen) atoms. The summed E-state index contributed by atoms with van der Waals surface area (Å²) in [7, 11) is 1.41. The minimum absolute atomic E-state index is 0.0827. The Bertz CT molecular complexity index is 845.